The summed E-state index contributed by atoms with van der Waals surface area (Å²) < 4.78 is 0. The molecule has 0 unspecified atom stereocenters. The third-order valence-corrected chi connectivity index (χ3v) is 1.28. The number of Topliss-reactive ketones (excluding diaryl/α,β-unsaturated/α-hetero) is 1. The van der Waals surface area contributed by atoms with E-state index in [9.17, 15) is 9.59 Å². The number of hydrogen-bond acceptors (Lipinski definition) is 2. The summed E-state index contributed by atoms with van der Waals surface area (Å²) in [6.45, 7) is 3.54. The maximum atomic E-state index is 10.8. The Morgan fingerprint density at radius 2 is 2.10 bits per heavy atom. The van der Waals surface area contributed by atoms with Gasteiger partial charge in [-0.1, -0.05) is 13.0 Å². The lowest BCUT2D eigenvalue weighted by Gasteiger charge is -1.92. The van der Waals surface area contributed by atoms with E-state index in [-0.39, 0.29) is 5.78 Å². The van der Waals surface area contributed by atoms with Crippen LogP contribution in [0.1, 0.15) is 26.7 Å². The molecule has 0 saturated heterocycles. The summed E-state index contributed by atoms with van der Waals surface area (Å²) in [7, 11) is 0. The highest BCUT2D eigenvalue weighted by Gasteiger charge is 1.97. The Morgan fingerprint density at radius 3 is 2.50 bits per heavy atom. The minimum atomic E-state index is 0.113. The van der Waals surface area contributed by atoms with Gasteiger partial charge in [-0.3, -0.25) is 4.79 Å². The zero-order chi connectivity index (χ0) is 7.98. The van der Waals surface area contributed by atoms with Gasteiger partial charge in [-0.2, -0.15) is 0 Å². The Bertz CT molecular complexity index is 157. The van der Waals surface area contributed by atoms with Crippen molar-refractivity contribution in [1.82, 2.24) is 0 Å². The van der Waals surface area contributed by atoms with Crippen LogP contribution in [0, 0.1) is 0 Å². The Morgan fingerprint density at radius 1 is 1.50 bits per heavy atom. The van der Waals surface area contributed by atoms with Crippen LogP contribution in [0.25, 0.3) is 0 Å². The molecule has 0 aromatic rings. The van der Waals surface area contributed by atoms with E-state index in [0.29, 0.717) is 18.4 Å². The minimum absolute atomic E-state index is 0.113. The third-order valence-electron chi connectivity index (χ3n) is 1.28. The normalized spacial score (nSPS) is 11.2. The van der Waals surface area contributed by atoms with Crippen LogP contribution in [0.5, 0.6) is 0 Å². The fraction of sp³-hybridized carbons (Fsp3) is 0.500. The lowest BCUT2D eigenvalue weighted by atomic mass is 10.1. The first-order chi connectivity index (χ1) is 4.72. The zero-order valence-electron chi connectivity index (χ0n) is 6.39. The van der Waals surface area contributed by atoms with Crippen molar-refractivity contribution in [2.45, 2.75) is 26.7 Å². The van der Waals surface area contributed by atoms with Gasteiger partial charge in [0.05, 0.1) is 0 Å². The number of carbonyl (C=O) groups is 2. The zero-order valence-corrected chi connectivity index (χ0v) is 6.39. The Balaban J connectivity index is 3.91. The van der Waals surface area contributed by atoms with Gasteiger partial charge < -0.3 is 4.79 Å². The van der Waals surface area contributed by atoms with Crippen LogP contribution < -0.4 is 0 Å². The molecule has 0 aromatic heterocycles. The van der Waals surface area contributed by atoms with Crippen molar-refractivity contribution >= 4 is 12.1 Å². The predicted octanol–water partition coefficient (Wildman–Crippen LogP) is 1.50. The van der Waals surface area contributed by atoms with Crippen LogP contribution in [0.2, 0.25) is 0 Å². The molecule has 0 N–H and O–H groups in total. The summed E-state index contributed by atoms with van der Waals surface area (Å²) in [4.78, 5) is 20.7. The van der Waals surface area contributed by atoms with E-state index >= 15 is 0 Å². The van der Waals surface area contributed by atoms with Gasteiger partial charge in [-0.15, -0.1) is 0 Å². The van der Waals surface area contributed by atoms with Crippen molar-refractivity contribution < 1.29 is 9.59 Å². The van der Waals surface area contributed by atoms with Crippen LogP contribution in [-0.4, -0.2) is 12.1 Å². The minimum Gasteiger partial charge on any atom is -0.303 e. The highest BCUT2D eigenvalue weighted by Crippen LogP contribution is 1.98. The van der Waals surface area contributed by atoms with Gasteiger partial charge in [0.15, 0.2) is 5.78 Å². The fourth-order valence-electron chi connectivity index (χ4n) is 0.618. The quantitative estimate of drug-likeness (QED) is 0.438. The molecule has 0 aliphatic carbocycles. The van der Waals surface area contributed by atoms with Crippen molar-refractivity contribution in [3.63, 3.8) is 0 Å². The van der Waals surface area contributed by atoms with Gasteiger partial charge in [-0.25, -0.2) is 0 Å². The van der Waals surface area contributed by atoms with Crippen LogP contribution in [-0.2, 0) is 9.59 Å². The van der Waals surface area contributed by atoms with Crippen molar-refractivity contribution in [2.24, 2.45) is 0 Å². The molecule has 2 heteroatoms. The molecule has 2 nitrogen and oxygen atoms in total. The van der Waals surface area contributed by atoms with E-state index in [2.05, 4.69) is 0 Å². The summed E-state index contributed by atoms with van der Waals surface area (Å²) in [5.41, 5.74) is 0.689. The largest absolute Gasteiger partial charge is 0.303 e. The highest BCUT2D eigenvalue weighted by molar-refractivity contribution is 5.94. The first-order valence-corrected chi connectivity index (χ1v) is 3.36. The van der Waals surface area contributed by atoms with Crippen LogP contribution in [0.4, 0.5) is 0 Å². The highest BCUT2D eigenvalue weighted by atomic mass is 16.1. The molecule has 0 spiro atoms. The third kappa shape index (κ3) is 3.17. The van der Waals surface area contributed by atoms with Crippen LogP contribution >= 0.6 is 0 Å². The molecule has 0 bridgehead atoms. The number of ketones is 1. The number of aldehydes is 1. The smallest absolute Gasteiger partial charge is 0.157 e. The second-order valence-corrected chi connectivity index (χ2v) is 2.07. The van der Waals surface area contributed by atoms with Gasteiger partial charge in [0, 0.05) is 12.8 Å². The molecule has 0 aromatic carbocycles. The monoisotopic (exact) mass is 140 g/mol. The second-order valence-electron chi connectivity index (χ2n) is 2.07. The first kappa shape index (κ1) is 9.08. The molecular formula is C8H12O2. The Hall–Kier alpha value is -0.920. The molecule has 56 valence electrons. The summed E-state index contributed by atoms with van der Waals surface area (Å²) in [6, 6.07) is 0. The van der Waals surface area contributed by atoms with E-state index < -0.39 is 0 Å². The van der Waals surface area contributed by atoms with Gasteiger partial charge >= 0.3 is 0 Å². The van der Waals surface area contributed by atoms with Crippen LogP contribution in [0.3, 0.4) is 0 Å². The molecule has 0 heterocycles. The van der Waals surface area contributed by atoms with Crippen LogP contribution in [0.15, 0.2) is 11.6 Å². The number of rotatable bonds is 4. The first-order valence-electron chi connectivity index (χ1n) is 3.36. The molecule has 0 aliphatic rings. The molecule has 0 fully saturated rings. The maximum Gasteiger partial charge on any atom is 0.157 e. The predicted molar refractivity (Wildman–Crippen MR) is 39.7 cm³/mol. The summed E-state index contributed by atoms with van der Waals surface area (Å²) >= 11 is 0. The van der Waals surface area contributed by atoms with Crippen molar-refractivity contribution in [3.8, 4) is 0 Å². The fourth-order valence-corrected chi connectivity index (χ4v) is 0.618. The van der Waals surface area contributed by atoms with E-state index in [0.717, 1.165) is 6.29 Å². The summed E-state index contributed by atoms with van der Waals surface area (Å²) in [6.07, 6.45) is 3.30. The van der Waals surface area contributed by atoms with Crippen molar-refractivity contribution in [3.05, 3.63) is 11.6 Å². The number of carbonyl (C=O) groups excluding carboxylic acids is 2. The Kier molecular flexibility index (Phi) is 4.46. The summed E-state index contributed by atoms with van der Waals surface area (Å²) in [5, 5.41) is 0. The topological polar surface area (TPSA) is 34.1 Å². The van der Waals surface area contributed by atoms with E-state index in [4.69, 9.17) is 0 Å². The molecule has 0 saturated carbocycles. The summed E-state index contributed by atoms with van der Waals surface area (Å²) in [5.74, 6) is 0.113. The average molecular weight is 140 g/mol. The van der Waals surface area contributed by atoms with E-state index in [1.807, 2.05) is 0 Å². The van der Waals surface area contributed by atoms with Crippen molar-refractivity contribution in [1.29, 1.82) is 0 Å². The lowest BCUT2D eigenvalue weighted by molar-refractivity contribution is -0.115. The van der Waals surface area contributed by atoms with Gasteiger partial charge in [0.25, 0.3) is 0 Å². The lowest BCUT2D eigenvalue weighted by Crippen LogP contribution is -1.95. The Labute approximate surface area is 60.9 Å². The molecular weight excluding hydrogens is 128 g/mol. The SMILES string of the molecule is CCC(=O)/C(C)=C/CC=O. The van der Waals surface area contributed by atoms with Gasteiger partial charge in [0.1, 0.15) is 6.29 Å². The van der Waals surface area contributed by atoms with Crippen molar-refractivity contribution in [2.75, 3.05) is 0 Å². The average Bonchev–Trinajstić information content (AvgIpc) is 1.98. The van der Waals surface area contributed by atoms with Gasteiger partial charge in [0.2, 0.25) is 0 Å². The molecule has 0 aliphatic heterocycles. The maximum absolute atomic E-state index is 10.8. The molecule has 10 heavy (non-hydrogen) atoms. The molecule has 0 atom stereocenters. The van der Waals surface area contributed by atoms with E-state index in [1.165, 1.54) is 0 Å². The van der Waals surface area contributed by atoms with E-state index in [1.54, 1.807) is 19.9 Å². The number of allylic oxidation sites excluding steroid dienone is 2. The van der Waals surface area contributed by atoms with Gasteiger partial charge in [-0.05, 0) is 12.5 Å². The molecule has 0 radical (unpaired) electrons. The molecule has 0 amide bonds. The second kappa shape index (κ2) is 4.91. The number of hydrogen-bond donors (Lipinski definition) is 0. The molecule has 0 rings (SSSR count). The standard InChI is InChI=1S/C8H12O2/c1-3-8(10)7(2)5-4-6-9/h5-6H,3-4H2,1-2H3/b7-5+.